The van der Waals surface area contributed by atoms with E-state index in [4.69, 9.17) is 16.3 Å². The Bertz CT molecular complexity index is 1200. The van der Waals surface area contributed by atoms with E-state index < -0.39 is 10.0 Å². The molecule has 0 saturated carbocycles. The normalized spacial score (nSPS) is 23.2. The SMILES string of the molecule is COc1cccc(-c2ccc(C3[C@@H]4CN(S(=O)(=O)c5cccc(Cl)c5)C[C@H]3N4)cc2)c1. The monoisotopic (exact) mass is 454 g/mol. The van der Waals surface area contributed by atoms with Gasteiger partial charge in [-0.3, -0.25) is 0 Å². The number of halogens is 1. The number of piperidine rings is 1. The molecule has 1 N–H and O–H groups in total. The summed E-state index contributed by atoms with van der Waals surface area (Å²) in [7, 11) is -1.88. The standard InChI is InChI=1S/C24H23ClN2O3S/c1-30-20-6-2-4-18(12-20)16-8-10-17(11-9-16)24-22-14-27(15-23(24)26-22)31(28,29)21-7-3-5-19(25)13-21/h2-13,22-24,26H,14-15H2,1H3/t22-,23+,24?. The number of nitrogens with one attached hydrogen (secondary N) is 1. The van der Waals surface area contributed by atoms with E-state index in [1.54, 1.807) is 29.6 Å². The Balaban J connectivity index is 1.32. The van der Waals surface area contributed by atoms with E-state index in [-0.39, 0.29) is 17.0 Å². The first-order valence-corrected chi connectivity index (χ1v) is 12.0. The maximum Gasteiger partial charge on any atom is 0.243 e. The molecular weight excluding hydrogens is 432 g/mol. The maximum absolute atomic E-state index is 13.0. The quantitative estimate of drug-likeness (QED) is 0.629. The third-order valence-corrected chi connectivity index (χ3v) is 8.29. The van der Waals surface area contributed by atoms with Gasteiger partial charge in [-0.15, -0.1) is 0 Å². The van der Waals surface area contributed by atoms with Gasteiger partial charge < -0.3 is 10.1 Å². The van der Waals surface area contributed by atoms with E-state index in [2.05, 4.69) is 35.6 Å². The van der Waals surface area contributed by atoms with Crippen LogP contribution in [-0.2, 0) is 10.0 Å². The smallest absolute Gasteiger partial charge is 0.243 e. The first-order chi connectivity index (χ1) is 15.0. The van der Waals surface area contributed by atoms with Gasteiger partial charge in [0.2, 0.25) is 10.0 Å². The molecule has 7 heteroatoms. The molecule has 3 fully saturated rings. The first-order valence-electron chi connectivity index (χ1n) is 10.2. The lowest BCUT2D eigenvalue weighted by atomic mass is 9.75. The largest absolute Gasteiger partial charge is 0.497 e. The summed E-state index contributed by atoms with van der Waals surface area (Å²) in [5.74, 6) is 1.14. The molecule has 160 valence electrons. The lowest BCUT2D eigenvalue weighted by molar-refractivity contribution is 0.102. The summed E-state index contributed by atoms with van der Waals surface area (Å²) in [6.45, 7) is 0.904. The van der Waals surface area contributed by atoms with Crippen LogP contribution in [0.2, 0.25) is 5.02 Å². The molecule has 3 aliphatic rings. The molecule has 3 saturated heterocycles. The average Bonchev–Trinajstić information content (AvgIpc) is 2.79. The van der Waals surface area contributed by atoms with Crippen LogP contribution in [0.1, 0.15) is 11.5 Å². The Kier molecular flexibility index (Phi) is 5.26. The lowest BCUT2D eigenvalue weighted by Crippen LogP contribution is -2.72. The second kappa shape index (κ2) is 7.95. The number of rotatable bonds is 5. The molecule has 0 amide bonds. The molecule has 3 aromatic carbocycles. The zero-order valence-electron chi connectivity index (χ0n) is 17.0. The highest BCUT2D eigenvalue weighted by molar-refractivity contribution is 7.89. The zero-order valence-corrected chi connectivity index (χ0v) is 18.6. The van der Waals surface area contributed by atoms with Gasteiger partial charge in [0.25, 0.3) is 0 Å². The van der Waals surface area contributed by atoms with Crippen molar-refractivity contribution >= 4 is 21.6 Å². The molecule has 3 atom stereocenters. The van der Waals surface area contributed by atoms with Gasteiger partial charge in [0.05, 0.1) is 12.0 Å². The van der Waals surface area contributed by atoms with Crippen molar-refractivity contribution in [1.29, 1.82) is 0 Å². The minimum absolute atomic E-state index is 0.107. The van der Waals surface area contributed by atoms with Crippen molar-refractivity contribution < 1.29 is 13.2 Å². The Morgan fingerprint density at radius 3 is 2.32 bits per heavy atom. The Hall–Kier alpha value is -2.38. The van der Waals surface area contributed by atoms with Gasteiger partial charge in [-0.1, -0.05) is 54.1 Å². The van der Waals surface area contributed by atoms with E-state index in [1.807, 2.05) is 18.2 Å². The van der Waals surface area contributed by atoms with Crippen molar-refractivity contribution in [3.8, 4) is 16.9 Å². The van der Waals surface area contributed by atoms with Crippen molar-refractivity contribution in [2.75, 3.05) is 20.2 Å². The van der Waals surface area contributed by atoms with Crippen LogP contribution in [0.15, 0.2) is 77.7 Å². The maximum atomic E-state index is 13.0. The molecule has 0 aromatic heterocycles. The number of ether oxygens (including phenoxy) is 1. The second-order valence-corrected chi connectivity index (χ2v) is 10.4. The number of piperazine rings is 1. The predicted octanol–water partition coefficient (Wildman–Crippen LogP) is 4.14. The summed E-state index contributed by atoms with van der Waals surface area (Å²) in [5.41, 5.74) is 3.47. The first kappa shape index (κ1) is 20.5. The summed E-state index contributed by atoms with van der Waals surface area (Å²) in [5, 5.41) is 3.93. The average molecular weight is 455 g/mol. The highest BCUT2D eigenvalue weighted by Gasteiger charge is 2.49. The second-order valence-electron chi connectivity index (χ2n) is 8.04. The number of nitrogens with zero attached hydrogens (tertiary/aromatic N) is 1. The van der Waals surface area contributed by atoms with E-state index in [0.29, 0.717) is 24.0 Å². The molecule has 0 spiro atoms. The Morgan fingerprint density at radius 2 is 1.65 bits per heavy atom. The third-order valence-electron chi connectivity index (χ3n) is 6.23. The highest BCUT2D eigenvalue weighted by atomic mass is 35.5. The minimum atomic E-state index is -3.55. The number of hydrogen-bond donors (Lipinski definition) is 1. The Labute approximate surface area is 187 Å². The molecule has 0 radical (unpaired) electrons. The molecule has 2 bridgehead atoms. The fourth-order valence-corrected chi connectivity index (χ4v) is 6.42. The topological polar surface area (TPSA) is 58.6 Å². The van der Waals surface area contributed by atoms with E-state index >= 15 is 0 Å². The molecule has 3 aliphatic heterocycles. The fraction of sp³-hybridized carbons (Fsp3) is 0.250. The van der Waals surface area contributed by atoms with E-state index in [1.165, 1.54) is 11.6 Å². The highest BCUT2D eigenvalue weighted by Crippen LogP contribution is 2.39. The van der Waals surface area contributed by atoms with Crippen LogP contribution >= 0.6 is 11.6 Å². The summed E-state index contributed by atoms with van der Waals surface area (Å²) >= 11 is 6.00. The van der Waals surface area contributed by atoms with Crippen LogP contribution in [0.25, 0.3) is 11.1 Å². The van der Waals surface area contributed by atoms with Crippen molar-refractivity contribution in [2.45, 2.75) is 22.9 Å². The number of sulfonamides is 1. The van der Waals surface area contributed by atoms with Crippen molar-refractivity contribution in [3.63, 3.8) is 0 Å². The molecule has 1 unspecified atom stereocenters. The van der Waals surface area contributed by atoms with Crippen molar-refractivity contribution in [2.24, 2.45) is 0 Å². The third kappa shape index (κ3) is 3.74. The van der Waals surface area contributed by atoms with Gasteiger partial charge in [0, 0.05) is 36.1 Å². The van der Waals surface area contributed by atoms with E-state index in [9.17, 15) is 8.42 Å². The zero-order chi connectivity index (χ0) is 21.6. The molecular formula is C24H23ClN2O3S. The van der Waals surface area contributed by atoms with Gasteiger partial charge in [-0.25, -0.2) is 8.42 Å². The molecule has 0 aliphatic carbocycles. The summed E-state index contributed by atoms with van der Waals surface area (Å²) in [6.07, 6.45) is 0. The minimum Gasteiger partial charge on any atom is -0.497 e. The van der Waals surface area contributed by atoms with E-state index in [0.717, 1.165) is 16.9 Å². The number of methoxy groups -OCH3 is 1. The molecule has 3 aromatic rings. The summed E-state index contributed by atoms with van der Waals surface area (Å²) in [6, 6.07) is 23.2. The molecule has 5 nitrogen and oxygen atoms in total. The van der Waals surface area contributed by atoms with Gasteiger partial charge >= 0.3 is 0 Å². The van der Waals surface area contributed by atoms with Crippen LogP contribution in [0.4, 0.5) is 0 Å². The number of fused-ring (bicyclic) bond motifs is 2. The van der Waals surface area contributed by atoms with Crippen LogP contribution in [0, 0.1) is 0 Å². The number of benzene rings is 3. The predicted molar refractivity (Wildman–Crippen MR) is 122 cm³/mol. The Morgan fingerprint density at radius 1 is 0.935 bits per heavy atom. The molecule has 31 heavy (non-hydrogen) atoms. The van der Waals surface area contributed by atoms with Gasteiger partial charge in [0.1, 0.15) is 5.75 Å². The van der Waals surface area contributed by atoms with Crippen LogP contribution in [-0.4, -0.2) is 45.0 Å². The van der Waals surface area contributed by atoms with Crippen molar-refractivity contribution in [3.05, 3.63) is 83.4 Å². The fourth-order valence-electron chi connectivity index (χ4n) is 4.63. The van der Waals surface area contributed by atoms with Crippen LogP contribution in [0.3, 0.4) is 0 Å². The van der Waals surface area contributed by atoms with Crippen LogP contribution < -0.4 is 10.1 Å². The van der Waals surface area contributed by atoms with Crippen LogP contribution in [0.5, 0.6) is 5.75 Å². The number of hydrogen-bond acceptors (Lipinski definition) is 4. The summed E-state index contributed by atoms with van der Waals surface area (Å²) in [4.78, 5) is 0.250. The van der Waals surface area contributed by atoms with Crippen molar-refractivity contribution in [1.82, 2.24) is 9.62 Å². The lowest BCUT2D eigenvalue weighted by Gasteiger charge is -2.54. The van der Waals surface area contributed by atoms with Gasteiger partial charge in [0.15, 0.2) is 0 Å². The van der Waals surface area contributed by atoms with Gasteiger partial charge in [-0.2, -0.15) is 4.31 Å². The van der Waals surface area contributed by atoms with Gasteiger partial charge in [-0.05, 0) is 47.0 Å². The molecule has 6 rings (SSSR count). The molecule has 3 heterocycles. The summed E-state index contributed by atoms with van der Waals surface area (Å²) < 4.78 is 33.0.